The molecule has 0 aliphatic heterocycles. The summed E-state index contributed by atoms with van der Waals surface area (Å²) in [5, 5.41) is 0. The highest BCUT2D eigenvalue weighted by Gasteiger charge is 2.34. The average molecular weight is 144 g/mol. The van der Waals surface area contributed by atoms with E-state index in [1.807, 2.05) is 0 Å². The Bertz CT molecular complexity index is 162. The number of Topliss-reactive ketones (excluding diaryl/α,β-unsaturated/α-hetero) is 1. The first kappa shape index (κ1) is 9.10. The number of esters is 1. The van der Waals surface area contributed by atoms with Gasteiger partial charge in [-0.25, -0.2) is 4.79 Å². The zero-order valence-corrected chi connectivity index (χ0v) is 6.01. The Morgan fingerprint density at radius 1 is 1.60 bits per heavy atom. The summed E-state index contributed by atoms with van der Waals surface area (Å²) < 4.78 is 4.23. The first-order valence-corrected chi connectivity index (χ1v) is 2.66. The SMILES string of the molecule is [CH2]C(N)(C(C)=O)C(=O)OC. The van der Waals surface area contributed by atoms with Crippen LogP contribution in [0.1, 0.15) is 6.92 Å². The van der Waals surface area contributed by atoms with Crippen molar-refractivity contribution in [3.63, 3.8) is 0 Å². The fourth-order valence-electron chi connectivity index (χ4n) is 0.326. The molecule has 0 amide bonds. The van der Waals surface area contributed by atoms with Crippen molar-refractivity contribution in [2.24, 2.45) is 5.73 Å². The molecular weight excluding hydrogens is 134 g/mol. The van der Waals surface area contributed by atoms with Gasteiger partial charge in [-0.1, -0.05) is 0 Å². The second kappa shape index (κ2) is 2.79. The molecule has 0 spiro atoms. The van der Waals surface area contributed by atoms with Crippen LogP contribution in [0.3, 0.4) is 0 Å². The third kappa shape index (κ3) is 1.54. The van der Waals surface area contributed by atoms with E-state index in [2.05, 4.69) is 11.7 Å². The van der Waals surface area contributed by atoms with Gasteiger partial charge in [0, 0.05) is 0 Å². The number of hydrogen-bond donors (Lipinski definition) is 1. The highest BCUT2D eigenvalue weighted by molar-refractivity contribution is 6.07. The molecule has 1 radical (unpaired) electrons. The summed E-state index contributed by atoms with van der Waals surface area (Å²) in [4.78, 5) is 21.2. The van der Waals surface area contributed by atoms with E-state index in [0.717, 1.165) is 7.11 Å². The Balaban J connectivity index is 4.40. The van der Waals surface area contributed by atoms with E-state index < -0.39 is 17.3 Å². The van der Waals surface area contributed by atoms with Crippen LogP contribution in [0.15, 0.2) is 0 Å². The van der Waals surface area contributed by atoms with Gasteiger partial charge in [0.05, 0.1) is 7.11 Å². The molecule has 10 heavy (non-hydrogen) atoms. The molecule has 0 saturated heterocycles. The van der Waals surface area contributed by atoms with Crippen molar-refractivity contribution in [2.45, 2.75) is 12.5 Å². The van der Waals surface area contributed by atoms with E-state index in [-0.39, 0.29) is 0 Å². The van der Waals surface area contributed by atoms with Gasteiger partial charge in [0.1, 0.15) is 0 Å². The Hall–Kier alpha value is -0.900. The predicted octanol–water partition coefficient (Wildman–Crippen LogP) is -0.720. The molecule has 2 N–H and O–H groups in total. The maximum atomic E-state index is 10.6. The van der Waals surface area contributed by atoms with Crippen molar-refractivity contribution >= 4 is 11.8 Å². The Kier molecular flexibility index (Phi) is 2.54. The summed E-state index contributed by atoms with van der Waals surface area (Å²) in [6.07, 6.45) is 0. The summed E-state index contributed by atoms with van der Waals surface area (Å²) in [6, 6.07) is 0. The molecule has 0 heterocycles. The van der Waals surface area contributed by atoms with Crippen LogP contribution in [0, 0.1) is 6.92 Å². The standard InChI is InChI=1S/C6H10NO3/c1-4(8)6(2,7)5(9)10-3/h2,7H2,1,3H3. The Labute approximate surface area is 59.3 Å². The number of carbonyl (C=O) groups excluding carboxylic acids is 2. The van der Waals surface area contributed by atoms with Gasteiger partial charge < -0.3 is 10.5 Å². The van der Waals surface area contributed by atoms with Gasteiger partial charge in [-0.3, -0.25) is 4.79 Å². The van der Waals surface area contributed by atoms with E-state index in [0.29, 0.717) is 0 Å². The summed E-state index contributed by atoms with van der Waals surface area (Å²) in [7, 11) is 1.15. The molecule has 1 atom stereocenters. The van der Waals surface area contributed by atoms with Crippen molar-refractivity contribution in [1.29, 1.82) is 0 Å². The largest absolute Gasteiger partial charge is 0.467 e. The van der Waals surface area contributed by atoms with Crippen LogP contribution in [0.5, 0.6) is 0 Å². The smallest absolute Gasteiger partial charge is 0.333 e. The summed E-state index contributed by atoms with van der Waals surface area (Å²) in [6.45, 7) is 4.38. The van der Waals surface area contributed by atoms with Crippen molar-refractivity contribution in [3.8, 4) is 0 Å². The van der Waals surface area contributed by atoms with E-state index in [9.17, 15) is 9.59 Å². The number of ether oxygens (including phenoxy) is 1. The number of nitrogens with two attached hydrogens (primary N) is 1. The topological polar surface area (TPSA) is 69.4 Å². The summed E-state index contributed by atoms with van der Waals surface area (Å²) in [5.74, 6) is -1.33. The van der Waals surface area contributed by atoms with E-state index in [4.69, 9.17) is 5.73 Å². The molecule has 0 bridgehead atoms. The molecule has 0 aliphatic carbocycles. The summed E-state index contributed by atoms with van der Waals surface area (Å²) in [5.41, 5.74) is 3.44. The van der Waals surface area contributed by atoms with Gasteiger partial charge in [-0.15, -0.1) is 0 Å². The molecule has 57 valence electrons. The maximum absolute atomic E-state index is 10.6. The lowest BCUT2D eigenvalue weighted by Gasteiger charge is -2.16. The van der Waals surface area contributed by atoms with E-state index >= 15 is 0 Å². The second-order valence-corrected chi connectivity index (χ2v) is 2.02. The minimum absolute atomic E-state index is 0.514. The van der Waals surface area contributed by atoms with Crippen LogP contribution in [0.25, 0.3) is 0 Å². The first-order valence-electron chi connectivity index (χ1n) is 2.66. The highest BCUT2D eigenvalue weighted by Crippen LogP contribution is 2.01. The van der Waals surface area contributed by atoms with Gasteiger partial charge in [0.15, 0.2) is 11.3 Å². The molecule has 0 aromatic heterocycles. The number of rotatable bonds is 2. The van der Waals surface area contributed by atoms with Crippen molar-refractivity contribution in [1.82, 2.24) is 0 Å². The van der Waals surface area contributed by atoms with Crippen LogP contribution in [0.4, 0.5) is 0 Å². The van der Waals surface area contributed by atoms with Crippen molar-refractivity contribution < 1.29 is 14.3 Å². The molecule has 0 fully saturated rings. The lowest BCUT2D eigenvalue weighted by molar-refractivity contribution is -0.148. The fourth-order valence-corrected chi connectivity index (χ4v) is 0.326. The Morgan fingerprint density at radius 3 is 2.10 bits per heavy atom. The molecule has 0 aromatic rings. The number of hydrogen-bond acceptors (Lipinski definition) is 4. The molecule has 0 aromatic carbocycles. The number of methoxy groups -OCH3 is 1. The minimum Gasteiger partial charge on any atom is -0.467 e. The number of carbonyl (C=O) groups is 2. The second-order valence-electron chi connectivity index (χ2n) is 2.02. The predicted molar refractivity (Wildman–Crippen MR) is 35.0 cm³/mol. The molecule has 4 heteroatoms. The molecule has 4 nitrogen and oxygen atoms in total. The summed E-state index contributed by atoms with van der Waals surface area (Å²) >= 11 is 0. The van der Waals surface area contributed by atoms with Crippen molar-refractivity contribution in [2.75, 3.05) is 7.11 Å². The van der Waals surface area contributed by atoms with Crippen LogP contribution < -0.4 is 5.73 Å². The maximum Gasteiger partial charge on any atom is 0.333 e. The van der Waals surface area contributed by atoms with Crippen molar-refractivity contribution in [3.05, 3.63) is 6.92 Å². The highest BCUT2D eigenvalue weighted by atomic mass is 16.5. The quantitative estimate of drug-likeness (QED) is 0.410. The molecular formula is C6H10NO3. The third-order valence-electron chi connectivity index (χ3n) is 1.18. The minimum atomic E-state index is -1.74. The van der Waals surface area contributed by atoms with Gasteiger partial charge in [0.25, 0.3) is 0 Å². The molecule has 0 aliphatic rings. The normalized spacial score (nSPS) is 15.6. The van der Waals surface area contributed by atoms with E-state index in [1.165, 1.54) is 6.92 Å². The number of ketones is 1. The Morgan fingerprint density at radius 2 is 2.00 bits per heavy atom. The average Bonchev–Trinajstić information content (AvgIpc) is 1.86. The van der Waals surface area contributed by atoms with Crippen LogP contribution >= 0.6 is 0 Å². The lowest BCUT2D eigenvalue weighted by atomic mass is 10.00. The van der Waals surface area contributed by atoms with Gasteiger partial charge >= 0.3 is 5.97 Å². The van der Waals surface area contributed by atoms with Gasteiger partial charge in [-0.05, 0) is 13.8 Å². The zero-order chi connectivity index (χ0) is 8.36. The molecule has 0 saturated carbocycles. The van der Waals surface area contributed by atoms with Gasteiger partial charge in [0.2, 0.25) is 0 Å². The third-order valence-corrected chi connectivity index (χ3v) is 1.18. The zero-order valence-electron chi connectivity index (χ0n) is 6.01. The fraction of sp³-hybridized carbons (Fsp3) is 0.500. The first-order chi connectivity index (χ1) is 4.42. The van der Waals surface area contributed by atoms with Gasteiger partial charge in [-0.2, -0.15) is 0 Å². The van der Waals surface area contributed by atoms with E-state index in [1.54, 1.807) is 0 Å². The van der Waals surface area contributed by atoms with Crippen LogP contribution in [-0.2, 0) is 14.3 Å². The molecule has 1 unspecified atom stereocenters. The monoisotopic (exact) mass is 144 g/mol. The van der Waals surface area contributed by atoms with Crippen LogP contribution in [0.2, 0.25) is 0 Å². The lowest BCUT2D eigenvalue weighted by Crippen LogP contribution is -2.52. The van der Waals surface area contributed by atoms with Crippen LogP contribution in [-0.4, -0.2) is 24.4 Å². The molecule has 0 rings (SSSR count).